The maximum absolute atomic E-state index is 9.01. The van der Waals surface area contributed by atoms with Gasteiger partial charge in [-0.15, -0.1) is 0 Å². The summed E-state index contributed by atoms with van der Waals surface area (Å²) in [6.07, 6.45) is 0. The Labute approximate surface area is 56.5 Å². The maximum atomic E-state index is 9.01. The molecule has 0 aliphatic rings. The predicted molar refractivity (Wildman–Crippen MR) is 36.8 cm³/mol. The van der Waals surface area contributed by atoms with E-state index in [2.05, 4.69) is 0 Å². The van der Waals surface area contributed by atoms with Crippen LogP contribution in [0.25, 0.3) is 0 Å². The van der Waals surface area contributed by atoms with Gasteiger partial charge in [-0.3, -0.25) is 0 Å². The molecule has 1 atom stereocenters. The molecule has 0 aromatic heterocycles. The molecular weight excluding hydrogens is 116 g/mol. The normalized spacial score (nSPS) is 16.3. The van der Waals surface area contributed by atoms with Crippen LogP contribution < -0.4 is 0 Å². The van der Waals surface area contributed by atoms with Crippen molar-refractivity contribution < 1.29 is 10.2 Å². The highest BCUT2D eigenvalue weighted by Crippen LogP contribution is 2.20. The van der Waals surface area contributed by atoms with Crippen LogP contribution in [-0.2, 0) is 0 Å². The Bertz CT molecular complexity index is 81.4. The summed E-state index contributed by atoms with van der Waals surface area (Å²) >= 11 is 0. The van der Waals surface area contributed by atoms with Gasteiger partial charge < -0.3 is 10.2 Å². The third-order valence-electron chi connectivity index (χ3n) is 1.86. The fourth-order valence-electron chi connectivity index (χ4n) is 0.631. The number of hydrogen-bond acceptors (Lipinski definition) is 2. The summed E-state index contributed by atoms with van der Waals surface area (Å²) in [7, 11) is 0. The van der Waals surface area contributed by atoms with Crippen molar-refractivity contribution in [2.75, 3.05) is 0 Å². The van der Waals surface area contributed by atoms with Crippen molar-refractivity contribution in [3.8, 4) is 0 Å². The topological polar surface area (TPSA) is 40.5 Å². The van der Waals surface area contributed by atoms with Crippen LogP contribution in [0.4, 0.5) is 0 Å². The van der Waals surface area contributed by atoms with Crippen LogP contribution >= 0.6 is 0 Å². The summed E-state index contributed by atoms with van der Waals surface area (Å²) < 4.78 is 0. The first-order valence-corrected chi connectivity index (χ1v) is 3.30. The standard InChI is InChI=1S/C7H16O2/c1-5(2)6(3)7(4,8)9/h5-6,8-9H,1-4H3. The highest BCUT2D eigenvalue weighted by atomic mass is 16.5. The van der Waals surface area contributed by atoms with Crippen LogP contribution in [0, 0.1) is 11.8 Å². The summed E-state index contributed by atoms with van der Waals surface area (Å²) in [6.45, 7) is 7.17. The lowest BCUT2D eigenvalue weighted by Gasteiger charge is -2.27. The molecule has 0 amide bonds. The van der Waals surface area contributed by atoms with Crippen LogP contribution in [0.3, 0.4) is 0 Å². The number of aliphatic hydroxyl groups is 2. The fourth-order valence-corrected chi connectivity index (χ4v) is 0.631. The Balaban J connectivity index is 3.88. The molecule has 0 radical (unpaired) electrons. The van der Waals surface area contributed by atoms with E-state index in [4.69, 9.17) is 10.2 Å². The molecule has 0 saturated heterocycles. The summed E-state index contributed by atoms with van der Waals surface area (Å²) in [4.78, 5) is 0. The van der Waals surface area contributed by atoms with Gasteiger partial charge in [0.2, 0.25) is 0 Å². The SMILES string of the molecule is CC(C)C(C)C(C)(O)O. The van der Waals surface area contributed by atoms with E-state index < -0.39 is 5.79 Å². The highest BCUT2D eigenvalue weighted by molar-refractivity contribution is 4.68. The van der Waals surface area contributed by atoms with Gasteiger partial charge in [0.05, 0.1) is 0 Å². The van der Waals surface area contributed by atoms with Crippen molar-refractivity contribution in [2.45, 2.75) is 33.5 Å². The van der Waals surface area contributed by atoms with E-state index in [1.54, 1.807) is 0 Å². The van der Waals surface area contributed by atoms with Crippen molar-refractivity contribution in [2.24, 2.45) is 11.8 Å². The Morgan fingerprint density at radius 1 is 1.11 bits per heavy atom. The highest BCUT2D eigenvalue weighted by Gasteiger charge is 2.26. The van der Waals surface area contributed by atoms with Crippen LogP contribution in [-0.4, -0.2) is 16.0 Å². The molecule has 0 fully saturated rings. The zero-order valence-corrected chi connectivity index (χ0v) is 6.55. The smallest absolute Gasteiger partial charge is 0.162 e. The monoisotopic (exact) mass is 132 g/mol. The van der Waals surface area contributed by atoms with Crippen molar-refractivity contribution in [1.29, 1.82) is 0 Å². The quantitative estimate of drug-likeness (QED) is 0.550. The van der Waals surface area contributed by atoms with Gasteiger partial charge in [-0.1, -0.05) is 20.8 Å². The summed E-state index contributed by atoms with van der Waals surface area (Å²) in [6, 6.07) is 0. The zero-order chi connectivity index (χ0) is 7.65. The first kappa shape index (κ1) is 8.92. The van der Waals surface area contributed by atoms with Crippen LogP contribution in [0.5, 0.6) is 0 Å². The van der Waals surface area contributed by atoms with Crippen molar-refractivity contribution >= 4 is 0 Å². The van der Waals surface area contributed by atoms with E-state index in [1.807, 2.05) is 20.8 Å². The molecule has 9 heavy (non-hydrogen) atoms. The predicted octanol–water partition coefficient (Wildman–Crippen LogP) is 0.979. The van der Waals surface area contributed by atoms with Crippen molar-refractivity contribution in [3.05, 3.63) is 0 Å². The second kappa shape index (κ2) is 2.67. The van der Waals surface area contributed by atoms with Crippen molar-refractivity contribution in [1.82, 2.24) is 0 Å². The molecule has 56 valence electrons. The van der Waals surface area contributed by atoms with Crippen molar-refractivity contribution in [3.63, 3.8) is 0 Å². The minimum absolute atomic E-state index is 0.0718. The third kappa shape index (κ3) is 2.82. The van der Waals surface area contributed by atoms with Crippen LogP contribution in [0.1, 0.15) is 27.7 Å². The number of hydrogen-bond donors (Lipinski definition) is 2. The Morgan fingerprint density at radius 2 is 1.44 bits per heavy atom. The maximum Gasteiger partial charge on any atom is 0.162 e. The zero-order valence-electron chi connectivity index (χ0n) is 6.55. The van der Waals surface area contributed by atoms with E-state index in [0.717, 1.165) is 0 Å². The van der Waals surface area contributed by atoms with Gasteiger partial charge in [0.15, 0.2) is 5.79 Å². The van der Waals surface area contributed by atoms with Gasteiger partial charge in [0.1, 0.15) is 0 Å². The molecule has 0 aromatic carbocycles. The third-order valence-corrected chi connectivity index (χ3v) is 1.86. The molecule has 2 N–H and O–H groups in total. The van der Waals surface area contributed by atoms with Gasteiger partial charge in [-0.25, -0.2) is 0 Å². The van der Waals surface area contributed by atoms with E-state index in [-0.39, 0.29) is 5.92 Å². The molecule has 0 rings (SSSR count). The van der Waals surface area contributed by atoms with E-state index >= 15 is 0 Å². The Hall–Kier alpha value is -0.0800. The molecule has 1 unspecified atom stereocenters. The molecule has 0 aromatic rings. The Morgan fingerprint density at radius 3 is 1.44 bits per heavy atom. The molecule has 2 nitrogen and oxygen atoms in total. The molecule has 0 aliphatic carbocycles. The molecule has 2 heteroatoms. The van der Waals surface area contributed by atoms with Gasteiger partial charge in [0, 0.05) is 5.92 Å². The first-order chi connectivity index (χ1) is 3.85. The summed E-state index contributed by atoms with van der Waals surface area (Å²) in [5.41, 5.74) is 0. The molecule has 0 aliphatic heterocycles. The van der Waals surface area contributed by atoms with E-state index in [0.29, 0.717) is 5.92 Å². The van der Waals surface area contributed by atoms with E-state index in [9.17, 15) is 0 Å². The van der Waals surface area contributed by atoms with Crippen LogP contribution in [0.2, 0.25) is 0 Å². The second-order valence-electron chi connectivity index (χ2n) is 3.13. The Kier molecular flexibility index (Phi) is 2.65. The average Bonchev–Trinajstić information content (AvgIpc) is 1.62. The van der Waals surface area contributed by atoms with Gasteiger partial charge in [-0.05, 0) is 12.8 Å². The minimum Gasteiger partial charge on any atom is -0.366 e. The molecule has 0 spiro atoms. The lowest BCUT2D eigenvalue weighted by atomic mass is 9.91. The average molecular weight is 132 g/mol. The second-order valence-corrected chi connectivity index (χ2v) is 3.13. The van der Waals surface area contributed by atoms with Crippen LogP contribution in [0.15, 0.2) is 0 Å². The van der Waals surface area contributed by atoms with Gasteiger partial charge in [-0.2, -0.15) is 0 Å². The lowest BCUT2D eigenvalue weighted by molar-refractivity contribution is -0.190. The molecule has 0 heterocycles. The summed E-state index contributed by atoms with van der Waals surface area (Å²) in [5.74, 6) is -1.28. The fraction of sp³-hybridized carbons (Fsp3) is 1.00. The van der Waals surface area contributed by atoms with Gasteiger partial charge >= 0.3 is 0 Å². The van der Waals surface area contributed by atoms with E-state index in [1.165, 1.54) is 6.92 Å². The molecular formula is C7H16O2. The molecule has 0 bridgehead atoms. The first-order valence-electron chi connectivity index (χ1n) is 3.30. The largest absolute Gasteiger partial charge is 0.366 e. The molecule has 0 saturated carbocycles. The van der Waals surface area contributed by atoms with Gasteiger partial charge in [0.25, 0.3) is 0 Å². The number of rotatable bonds is 2. The lowest BCUT2D eigenvalue weighted by Crippen LogP contribution is -2.35. The minimum atomic E-state index is -1.52. The summed E-state index contributed by atoms with van der Waals surface area (Å²) in [5, 5.41) is 18.0.